The predicted octanol–water partition coefficient (Wildman–Crippen LogP) is 3.35. The van der Waals surface area contributed by atoms with Gasteiger partial charge in [-0.3, -0.25) is 4.79 Å². The van der Waals surface area contributed by atoms with Gasteiger partial charge in [0.25, 0.3) is 5.91 Å². The summed E-state index contributed by atoms with van der Waals surface area (Å²) in [6.45, 7) is 8.26. The molecule has 2 rings (SSSR count). The van der Waals surface area contributed by atoms with Crippen LogP contribution in [0.15, 0.2) is 12.3 Å². The molecular formula is C15H21N3OS. The lowest BCUT2D eigenvalue weighted by atomic mass is 10.0. The minimum absolute atomic E-state index is 0.0994. The fourth-order valence-corrected chi connectivity index (χ4v) is 3.18. The van der Waals surface area contributed by atoms with E-state index in [1.54, 1.807) is 6.20 Å². The summed E-state index contributed by atoms with van der Waals surface area (Å²) < 4.78 is 0. The van der Waals surface area contributed by atoms with Crippen LogP contribution >= 0.6 is 11.3 Å². The summed E-state index contributed by atoms with van der Waals surface area (Å²) in [4.78, 5) is 18.1. The number of nitrogens with one attached hydrogen (secondary N) is 1. The highest BCUT2D eigenvalue weighted by Gasteiger charge is 2.21. The van der Waals surface area contributed by atoms with Crippen LogP contribution in [0, 0.1) is 12.8 Å². The number of anilines is 1. The number of pyridine rings is 1. The fraction of sp³-hybridized carbons (Fsp3) is 0.467. The summed E-state index contributed by atoms with van der Waals surface area (Å²) in [5.41, 5.74) is 7.73. The molecule has 2 unspecified atom stereocenters. The Morgan fingerprint density at radius 3 is 2.80 bits per heavy atom. The molecule has 0 bridgehead atoms. The predicted molar refractivity (Wildman–Crippen MR) is 85.2 cm³/mol. The summed E-state index contributed by atoms with van der Waals surface area (Å²) in [6.07, 6.45) is 2.78. The molecular weight excluding hydrogens is 270 g/mol. The molecule has 4 nitrogen and oxygen atoms in total. The highest BCUT2D eigenvalue weighted by molar-refractivity contribution is 7.21. The normalized spacial score (nSPS) is 14.2. The number of aromatic nitrogens is 1. The Morgan fingerprint density at radius 2 is 2.20 bits per heavy atom. The second-order valence-corrected chi connectivity index (χ2v) is 6.30. The van der Waals surface area contributed by atoms with E-state index in [-0.39, 0.29) is 11.9 Å². The molecule has 2 atom stereocenters. The van der Waals surface area contributed by atoms with Crippen molar-refractivity contribution in [3.8, 4) is 0 Å². The van der Waals surface area contributed by atoms with Gasteiger partial charge in [0.05, 0.1) is 5.69 Å². The number of hydrogen-bond acceptors (Lipinski definition) is 4. The van der Waals surface area contributed by atoms with E-state index in [4.69, 9.17) is 5.73 Å². The van der Waals surface area contributed by atoms with Crippen molar-refractivity contribution in [2.24, 2.45) is 5.92 Å². The Labute approximate surface area is 123 Å². The molecule has 0 spiro atoms. The van der Waals surface area contributed by atoms with Crippen LogP contribution in [0.3, 0.4) is 0 Å². The van der Waals surface area contributed by atoms with Crippen LogP contribution in [0.25, 0.3) is 10.2 Å². The van der Waals surface area contributed by atoms with Crippen molar-refractivity contribution < 1.29 is 4.79 Å². The Bertz CT molecular complexity index is 635. The number of nitrogen functional groups attached to an aromatic ring is 1. The van der Waals surface area contributed by atoms with Crippen LogP contribution in [-0.4, -0.2) is 16.9 Å². The molecule has 5 heteroatoms. The maximum Gasteiger partial charge on any atom is 0.263 e. The molecule has 0 aromatic carbocycles. The summed E-state index contributed by atoms with van der Waals surface area (Å²) in [6, 6.07) is 2.04. The molecule has 0 saturated carbocycles. The van der Waals surface area contributed by atoms with Crippen LogP contribution in [0.4, 0.5) is 5.69 Å². The van der Waals surface area contributed by atoms with E-state index >= 15 is 0 Å². The van der Waals surface area contributed by atoms with Gasteiger partial charge in [-0.2, -0.15) is 0 Å². The van der Waals surface area contributed by atoms with Crippen LogP contribution in [0.2, 0.25) is 0 Å². The van der Waals surface area contributed by atoms with Crippen LogP contribution in [0.5, 0.6) is 0 Å². The maximum absolute atomic E-state index is 12.4. The average molecular weight is 291 g/mol. The van der Waals surface area contributed by atoms with E-state index in [9.17, 15) is 4.79 Å². The zero-order chi connectivity index (χ0) is 14.9. The van der Waals surface area contributed by atoms with Gasteiger partial charge in [0, 0.05) is 17.6 Å². The Hall–Kier alpha value is -1.62. The number of thiophene rings is 1. The zero-order valence-electron chi connectivity index (χ0n) is 12.4. The smallest absolute Gasteiger partial charge is 0.263 e. The van der Waals surface area contributed by atoms with E-state index in [1.807, 2.05) is 19.9 Å². The molecule has 108 valence electrons. The highest BCUT2D eigenvalue weighted by atomic mass is 32.1. The summed E-state index contributed by atoms with van der Waals surface area (Å²) in [5.74, 6) is 0.340. The van der Waals surface area contributed by atoms with Crippen molar-refractivity contribution in [3.05, 3.63) is 22.7 Å². The van der Waals surface area contributed by atoms with Gasteiger partial charge in [-0.1, -0.05) is 20.3 Å². The second kappa shape index (κ2) is 5.79. The average Bonchev–Trinajstić information content (AvgIpc) is 2.76. The van der Waals surface area contributed by atoms with Crippen molar-refractivity contribution in [3.63, 3.8) is 0 Å². The second-order valence-electron chi connectivity index (χ2n) is 5.30. The maximum atomic E-state index is 12.4. The number of aryl methyl sites for hydroxylation is 1. The van der Waals surface area contributed by atoms with Gasteiger partial charge < -0.3 is 11.1 Å². The summed E-state index contributed by atoms with van der Waals surface area (Å²) >= 11 is 1.36. The quantitative estimate of drug-likeness (QED) is 0.907. The van der Waals surface area contributed by atoms with E-state index in [0.717, 1.165) is 22.2 Å². The van der Waals surface area contributed by atoms with Crippen LogP contribution in [-0.2, 0) is 0 Å². The van der Waals surface area contributed by atoms with Gasteiger partial charge in [-0.25, -0.2) is 4.98 Å². The Morgan fingerprint density at radius 1 is 1.50 bits per heavy atom. The molecule has 0 saturated heterocycles. The van der Waals surface area contributed by atoms with E-state index < -0.39 is 0 Å². The number of fused-ring (bicyclic) bond motifs is 1. The largest absolute Gasteiger partial charge is 0.397 e. The van der Waals surface area contributed by atoms with Crippen LogP contribution < -0.4 is 11.1 Å². The lowest BCUT2D eigenvalue weighted by Gasteiger charge is -2.19. The lowest BCUT2D eigenvalue weighted by molar-refractivity contribution is 0.0933. The van der Waals surface area contributed by atoms with Gasteiger partial charge in [-0.15, -0.1) is 11.3 Å². The molecule has 0 aliphatic rings. The number of rotatable bonds is 4. The first-order chi connectivity index (χ1) is 9.45. The number of amides is 1. The van der Waals surface area contributed by atoms with Crippen LogP contribution in [0.1, 0.15) is 42.4 Å². The molecule has 0 fully saturated rings. The molecule has 0 aliphatic carbocycles. The van der Waals surface area contributed by atoms with Gasteiger partial charge in [-0.05, 0) is 31.4 Å². The number of nitrogens with two attached hydrogens (primary N) is 1. The number of hydrogen-bond donors (Lipinski definition) is 2. The van der Waals surface area contributed by atoms with Crippen molar-refractivity contribution in [2.75, 3.05) is 5.73 Å². The minimum atomic E-state index is -0.0994. The van der Waals surface area contributed by atoms with E-state index in [0.29, 0.717) is 16.5 Å². The van der Waals surface area contributed by atoms with Gasteiger partial charge >= 0.3 is 0 Å². The van der Waals surface area contributed by atoms with Gasteiger partial charge in [0.2, 0.25) is 0 Å². The molecule has 20 heavy (non-hydrogen) atoms. The topological polar surface area (TPSA) is 68.0 Å². The SMILES string of the molecule is CCC(C)C(C)NC(=O)c1sc2nccc(C)c2c1N. The molecule has 0 aliphatic heterocycles. The number of carbonyl (C=O) groups is 1. The third-order valence-electron chi connectivity index (χ3n) is 3.90. The molecule has 3 N–H and O–H groups in total. The van der Waals surface area contributed by atoms with Crippen molar-refractivity contribution in [2.45, 2.75) is 40.2 Å². The molecule has 1 amide bonds. The van der Waals surface area contributed by atoms with Crippen molar-refractivity contribution >= 4 is 33.1 Å². The zero-order valence-corrected chi connectivity index (χ0v) is 13.2. The Balaban J connectivity index is 2.32. The van der Waals surface area contributed by atoms with Gasteiger partial charge in [0.1, 0.15) is 9.71 Å². The lowest BCUT2D eigenvalue weighted by Crippen LogP contribution is -2.36. The first kappa shape index (κ1) is 14.8. The summed E-state index contributed by atoms with van der Waals surface area (Å²) in [7, 11) is 0. The highest BCUT2D eigenvalue weighted by Crippen LogP contribution is 2.34. The molecule has 2 heterocycles. The number of carbonyl (C=O) groups excluding carboxylic acids is 1. The first-order valence-corrected chi connectivity index (χ1v) is 7.71. The summed E-state index contributed by atoms with van der Waals surface area (Å²) in [5, 5.41) is 3.93. The Kier molecular flexibility index (Phi) is 4.28. The third-order valence-corrected chi connectivity index (χ3v) is 5.01. The van der Waals surface area contributed by atoms with E-state index in [2.05, 4.69) is 24.1 Å². The number of nitrogens with zero attached hydrogens (tertiary/aromatic N) is 1. The molecule has 2 aromatic heterocycles. The van der Waals surface area contributed by atoms with Crippen molar-refractivity contribution in [1.29, 1.82) is 0 Å². The molecule has 0 radical (unpaired) electrons. The standard InChI is InChI=1S/C15H21N3OS/c1-5-8(2)10(4)18-14(19)13-12(16)11-9(3)6-7-17-15(11)20-13/h6-8,10H,5,16H2,1-4H3,(H,18,19). The van der Waals surface area contributed by atoms with Gasteiger partial charge in [0.15, 0.2) is 0 Å². The first-order valence-electron chi connectivity index (χ1n) is 6.90. The third kappa shape index (κ3) is 2.63. The van der Waals surface area contributed by atoms with E-state index in [1.165, 1.54) is 11.3 Å². The minimum Gasteiger partial charge on any atom is -0.397 e. The fourth-order valence-electron chi connectivity index (χ4n) is 2.14. The van der Waals surface area contributed by atoms with Crippen molar-refractivity contribution in [1.82, 2.24) is 10.3 Å². The molecule has 2 aromatic rings. The monoisotopic (exact) mass is 291 g/mol.